The summed E-state index contributed by atoms with van der Waals surface area (Å²) in [7, 11) is 0. The van der Waals surface area contributed by atoms with Crippen molar-refractivity contribution in [3.8, 4) is 0 Å². The molecule has 0 spiro atoms. The minimum absolute atomic E-state index is 0.602. The fraction of sp³-hybridized carbons (Fsp3) is 0.789. The molecule has 120 valence electrons. The molecule has 0 aliphatic carbocycles. The SMILES string of the molecule is CCC(CC)B1C=CC=C(C(CC)CC)N1C(CC)CC. The highest BCUT2D eigenvalue weighted by Gasteiger charge is 2.35. The Morgan fingerprint density at radius 1 is 0.857 bits per heavy atom. The van der Waals surface area contributed by atoms with Crippen LogP contribution in [0.25, 0.3) is 0 Å². The van der Waals surface area contributed by atoms with Crippen molar-refractivity contribution in [1.29, 1.82) is 0 Å². The van der Waals surface area contributed by atoms with E-state index in [1.807, 2.05) is 0 Å². The van der Waals surface area contributed by atoms with Crippen LogP contribution in [0.2, 0.25) is 5.82 Å². The van der Waals surface area contributed by atoms with E-state index in [9.17, 15) is 0 Å². The van der Waals surface area contributed by atoms with Gasteiger partial charge < -0.3 is 4.81 Å². The first-order valence-corrected chi connectivity index (χ1v) is 9.34. The molecule has 0 N–H and O–H groups in total. The quantitative estimate of drug-likeness (QED) is 0.464. The Bertz CT molecular complexity index is 335. The van der Waals surface area contributed by atoms with Crippen LogP contribution in [0.4, 0.5) is 0 Å². The first-order valence-electron chi connectivity index (χ1n) is 9.34. The number of rotatable bonds is 9. The van der Waals surface area contributed by atoms with Gasteiger partial charge in [-0.3, -0.25) is 0 Å². The number of hydrogen-bond acceptors (Lipinski definition) is 1. The lowest BCUT2D eigenvalue weighted by Crippen LogP contribution is -2.49. The van der Waals surface area contributed by atoms with E-state index >= 15 is 0 Å². The van der Waals surface area contributed by atoms with Crippen molar-refractivity contribution in [2.75, 3.05) is 0 Å². The Kier molecular flexibility index (Phi) is 8.22. The molecular weight excluding hydrogens is 253 g/mol. The van der Waals surface area contributed by atoms with Crippen LogP contribution >= 0.6 is 0 Å². The van der Waals surface area contributed by atoms with Crippen molar-refractivity contribution in [3.63, 3.8) is 0 Å². The molecule has 0 aromatic heterocycles. The molecule has 0 bridgehead atoms. The zero-order valence-corrected chi connectivity index (χ0v) is 15.2. The van der Waals surface area contributed by atoms with Crippen LogP contribution in [-0.4, -0.2) is 17.7 Å². The average Bonchev–Trinajstić information content (AvgIpc) is 2.52. The second kappa shape index (κ2) is 9.38. The Balaban J connectivity index is 3.16. The van der Waals surface area contributed by atoms with Gasteiger partial charge in [-0.2, -0.15) is 0 Å². The van der Waals surface area contributed by atoms with Gasteiger partial charge in [-0.1, -0.05) is 66.4 Å². The summed E-state index contributed by atoms with van der Waals surface area (Å²) in [5.41, 5.74) is 1.60. The lowest BCUT2D eigenvalue weighted by Gasteiger charge is -2.45. The standard InChI is InChI=1S/C19H36BN/c1-7-16(8-2)19-14-13-15-20(17(9-3)10-4)21(19)18(11-5)12-6/h13-18H,7-12H2,1-6H3. The third-order valence-electron chi connectivity index (χ3n) is 5.47. The van der Waals surface area contributed by atoms with Crippen LogP contribution < -0.4 is 0 Å². The largest absolute Gasteiger partial charge is 0.411 e. The lowest BCUT2D eigenvalue weighted by molar-refractivity contribution is 0.313. The molecule has 1 aliphatic heterocycles. The molecule has 2 heteroatoms. The Morgan fingerprint density at radius 2 is 1.43 bits per heavy atom. The third kappa shape index (κ3) is 4.17. The molecular formula is C19H36BN. The molecule has 0 saturated carbocycles. The molecule has 21 heavy (non-hydrogen) atoms. The molecule has 0 atom stereocenters. The molecule has 0 amide bonds. The average molecular weight is 289 g/mol. The van der Waals surface area contributed by atoms with Crippen molar-refractivity contribution in [3.05, 3.63) is 23.8 Å². The van der Waals surface area contributed by atoms with Crippen molar-refractivity contribution < 1.29 is 0 Å². The van der Waals surface area contributed by atoms with Gasteiger partial charge in [-0.05, 0) is 43.5 Å². The van der Waals surface area contributed by atoms with Gasteiger partial charge >= 0.3 is 0 Å². The molecule has 0 fully saturated rings. The van der Waals surface area contributed by atoms with Gasteiger partial charge in [0.05, 0.1) is 0 Å². The zero-order valence-electron chi connectivity index (χ0n) is 15.2. The molecule has 1 rings (SSSR count). The highest BCUT2D eigenvalue weighted by atomic mass is 15.1. The second-order valence-electron chi connectivity index (χ2n) is 6.43. The molecule has 0 saturated heterocycles. The van der Waals surface area contributed by atoms with Crippen LogP contribution in [0, 0.1) is 5.92 Å². The van der Waals surface area contributed by atoms with Gasteiger partial charge in [0, 0.05) is 11.7 Å². The van der Waals surface area contributed by atoms with Crippen molar-refractivity contribution >= 4 is 6.85 Å². The van der Waals surface area contributed by atoms with Crippen LogP contribution in [0.1, 0.15) is 80.1 Å². The fourth-order valence-electron chi connectivity index (χ4n) is 3.96. The summed E-state index contributed by atoms with van der Waals surface area (Å²) < 4.78 is 0. The maximum absolute atomic E-state index is 2.80. The molecule has 0 aromatic rings. The van der Waals surface area contributed by atoms with E-state index < -0.39 is 0 Å². The van der Waals surface area contributed by atoms with Gasteiger partial charge in [-0.25, -0.2) is 0 Å². The van der Waals surface area contributed by atoms with E-state index in [4.69, 9.17) is 0 Å². The maximum Gasteiger partial charge on any atom is 0.284 e. The van der Waals surface area contributed by atoms with Crippen LogP contribution in [0.3, 0.4) is 0 Å². The molecule has 0 unspecified atom stereocenters. The predicted octanol–water partition coefficient (Wildman–Crippen LogP) is 6.09. The monoisotopic (exact) mass is 289 g/mol. The molecule has 1 aliphatic rings. The second-order valence-corrected chi connectivity index (χ2v) is 6.43. The summed E-state index contributed by atoms with van der Waals surface area (Å²) in [5.74, 6) is 3.95. The predicted molar refractivity (Wildman–Crippen MR) is 97.6 cm³/mol. The first-order chi connectivity index (χ1) is 10.2. The number of hydrogen-bond donors (Lipinski definition) is 0. The molecule has 1 heterocycles. The number of allylic oxidation sites excluding steroid dienone is 3. The van der Waals surface area contributed by atoms with Gasteiger partial charge in [0.1, 0.15) is 0 Å². The van der Waals surface area contributed by atoms with E-state index in [0.717, 1.165) is 5.82 Å². The molecule has 0 radical (unpaired) electrons. The Labute approximate surface area is 134 Å². The highest BCUT2D eigenvalue weighted by Crippen LogP contribution is 2.35. The first kappa shape index (κ1) is 18.4. The van der Waals surface area contributed by atoms with Gasteiger partial charge in [0.2, 0.25) is 0 Å². The highest BCUT2D eigenvalue weighted by molar-refractivity contribution is 6.63. The summed E-state index contributed by atoms with van der Waals surface area (Å²) in [5, 5.41) is 0. The van der Waals surface area contributed by atoms with Crippen molar-refractivity contribution in [2.45, 2.75) is 91.9 Å². The fourth-order valence-corrected chi connectivity index (χ4v) is 3.96. The third-order valence-corrected chi connectivity index (χ3v) is 5.47. The van der Waals surface area contributed by atoms with Gasteiger partial charge in [0.15, 0.2) is 0 Å². The molecule has 1 nitrogen and oxygen atoms in total. The topological polar surface area (TPSA) is 3.24 Å². The summed E-state index contributed by atoms with van der Waals surface area (Å²) in [6, 6.07) is 0.687. The molecule has 0 aromatic carbocycles. The summed E-state index contributed by atoms with van der Waals surface area (Å²) in [6.07, 6.45) is 12.3. The van der Waals surface area contributed by atoms with Crippen LogP contribution in [0.5, 0.6) is 0 Å². The van der Waals surface area contributed by atoms with E-state index in [0.29, 0.717) is 18.8 Å². The lowest BCUT2D eigenvalue weighted by atomic mass is 9.46. The number of nitrogens with zero attached hydrogens (tertiary/aromatic N) is 1. The van der Waals surface area contributed by atoms with Crippen molar-refractivity contribution in [2.24, 2.45) is 5.92 Å². The normalized spacial score (nSPS) is 15.6. The van der Waals surface area contributed by atoms with Gasteiger partial charge in [-0.15, -0.1) is 0 Å². The van der Waals surface area contributed by atoms with E-state index in [1.165, 1.54) is 38.5 Å². The summed E-state index contributed by atoms with van der Waals surface area (Å²) in [4.78, 5) is 2.80. The Hall–Kier alpha value is -0.655. The van der Waals surface area contributed by atoms with Crippen LogP contribution in [0.15, 0.2) is 23.8 Å². The summed E-state index contributed by atoms with van der Waals surface area (Å²) >= 11 is 0. The minimum atomic E-state index is 0.602. The zero-order chi connectivity index (χ0) is 15.8. The smallest absolute Gasteiger partial charge is 0.284 e. The summed E-state index contributed by atoms with van der Waals surface area (Å²) in [6.45, 7) is 14.7. The van der Waals surface area contributed by atoms with E-state index in [2.05, 4.69) is 64.5 Å². The Morgan fingerprint density at radius 3 is 1.86 bits per heavy atom. The van der Waals surface area contributed by atoms with E-state index in [-0.39, 0.29) is 0 Å². The maximum atomic E-state index is 2.80. The van der Waals surface area contributed by atoms with E-state index in [1.54, 1.807) is 5.70 Å². The minimum Gasteiger partial charge on any atom is -0.411 e. The van der Waals surface area contributed by atoms with Crippen molar-refractivity contribution in [1.82, 2.24) is 4.81 Å². The van der Waals surface area contributed by atoms with Gasteiger partial charge in [0.25, 0.3) is 6.85 Å². The van der Waals surface area contributed by atoms with Crippen LogP contribution in [-0.2, 0) is 0 Å².